The molecule has 0 aromatic heterocycles. The number of alkyl halides is 3. The molecule has 0 aliphatic rings. The lowest BCUT2D eigenvalue weighted by atomic mass is 10.1. The first kappa shape index (κ1) is 17.8. The highest BCUT2D eigenvalue weighted by Gasteiger charge is 2.37. The molecule has 0 aliphatic heterocycles. The Morgan fingerprint density at radius 1 is 1.00 bits per heavy atom. The number of unbranched alkanes of at least 4 members (excludes halogenated alkanes) is 5. The molecule has 0 aliphatic carbocycles. The van der Waals surface area contributed by atoms with Crippen LogP contribution < -0.4 is 10.5 Å². The van der Waals surface area contributed by atoms with Crippen LogP contribution in [0.4, 0.5) is 13.2 Å². The van der Waals surface area contributed by atoms with Gasteiger partial charge in [0.15, 0.2) is 0 Å². The summed E-state index contributed by atoms with van der Waals surface area (Å²) in [4.78, 5) is 0. The molecule has 0 heterocycles. The Bertz CT molecular complexity index is 390. The Labute approximate surface area is 124 Å². The lowest BCUT2D eigenvalue weighted by Crippen LogP contribution is -2.28. The van der Waals surface area contributed by atoms with Crippen molar-refractivity contribution < 1.29 is 17.9 Å². The lowest BCUT2D eigenvalue weighted by molar-refractivity contribution is -0.149. The summed E-state index contributed by atoms with van der Waals surface area (Å²) in [6.07, 6.45) is 2.62. The van der Waals surface area contributed by atoms with Crippen molar-refractivity contribution in [2.75, 3.05) is 6.61 Å². The van der Waals surface area contributed by atoms with Gasteiger partial charge in [0.2, 0.25) is 0 Å². The van der Waals surface area contributed by atoms with Gasteiger partial charge in [-0.2, -0.15) is 13.2 Å². The van der Waals surface area contributed by atoms with Crippen molar-refractivity contribution in [3.05, 3.63) is 29.8 Å². The molecular formula is C16H24F3NO. The topological polar surface area (TPSA) is 35.2 Å². The van der Waals surface area contributed by atoms with Crippen molar-refractivity contribution >= 4 is 0 Å². The Hall–Kier alpha value is -1.23. The highest BCUT2D eigenvalue weighted by atomic mass is 19.4. The quantitative estimate of drug-likeness (QED) is 0.652. The van der Waals surface area contributed by atoms with Crippen LogP contribution in [0.25, 0.3) is 0 Å². The Morgan fingerprint density at radius 3 is 2.14 bits per heavy atom. The maximum atomic E-state index is 12.5. The summed E-state index contributed by atoms with van der Waals surface area (Å²) in [6.45, 7) is 2.77. The molecule has 120 valence electrons. The normalized spacial score (nSPS) is 13.2. The van der Waals surface area contributed by atoms with Crippen molar-refractivity contribution in [1.82, 2.24) is 0 Å². The number of benzene rings is 1. The molecule has 1 aromatic carbocycles. The largest absolute Gasteiger partial charge is 0.494 e. The first-order valence-corrected chi connectivity index (χ1v) is 7.50. The molecule has 1 aromatic rings. The van der Waals surface area contributed by atoms with Crippen molar-refractivity contribution in [3.63, 3.8) is 0 Å². The Balaban J connectivity index is 2.28. The van der Waals surface area contributed by atoms with Gasteiger partial charge < -0.3 is 10.5 Å². The summed E-state index contributed by atoms with van der Waals surface area (Å²) in [5.74, 6) is 0.585. The molecule has 2 N–H and O–H groups in total. The van der Waals surface area contributed by atoms with Gasteiger partial charge in [-0.05, 0) is 24.1 Å². The number of hydrogen-bond donors (Lipinski definition) is 1. The zero-order valence-corrected chi connectivity index (χ0v) is 12.5. The third-order valence-electron chi connectivity index (χ3n) is 3.36. The van der Waals surface area contributed by atoms with Crippen molar-refractivity contribution in [3.8, 4) is 5.75 Å². The predicted molar refractivity (Wildman–Crippen MR) is 78.3 cm³/mol. The second-order valence-corrected chi connectivity index (χ2v) is 5.20. The summed E-state index contributed by atoms with van der Waals surface area (Å²) >= 11 is 0. The smallest absolute Gasteiger partial charge is 0.407 e. The molecule has 0 saturated carbocycles. The molecule has 0 fully saturated rings. The molecule has 0 amide bonds. The second-order valence-electron chi connectivity index (χ2n) is 5.20. The van der Waals surface area contributed by atoms with E-state index in [1.165, 1.54) is 49.9 Å². The number of rotatable bonds is 9. The van der Waals surface area contributed by atoms with Gasteiger partial charge >= 0.3 is 6.18 Å². The summed E-state index contributed by atoms with van der Waals surface area (Å²) in [7, 11) is 0. The number of halogens is 3. The average Bonchev–Trinajstić information content (AvgIpc) is 2.45. The van der Waals surface area contributed by atoms with E-state index in [1.807, 2.05) is 0 Å². The van der Waals surface area contributed by atoms with Crippen LogP contribution in [-0.4, -0.2) is 12.8 Å². The standard InChI is InChI=1S/C16H24F3NO/c1-2-3-4-5-6-7-12-21-14-10-8-13(9-11-14)15(20)16(17,18)19/h8-11,15H,2-7,12,20H2,1H3/t15-/m1/s1. The van der Waals surface area contributed by atoms with E-state index in [4.69, 9.17) is 10.5 Å². The van der Waals surface area contributed by atoms with Gasteiger partial charge in [0.1, 0.15) is 11.8 Å². The van der Waals surface area contributed by atoms with Gasteiger partial charge in [0.05, 0.1) is 6.61 Å². The average molecular weight is 303 g/mol. The molecule has 21 heavy (non-hydrogen) atoms. The van der Waals surface area contributed by atoms with Crippen LogP contribution >= 0.6 is 0 Å². The molecule has 1 rings (SSSR count). The zero-order chi connectivity index (χ0) is 15.7. The second kappa shape index (κ2) is 8.93. The predicted octanol–water partition coefficient (Wildman–Crippen LogP) is 4.99. The van der Waals surface area contributed by atoms with Crippen LogP contribution in [0.3, 0.4) is 0 Å². The summed E-state index contributed by atoms with van der Waals surface area (Å²) in [5.41, 5.74) is 5.19. The summed E-state index contributed by atoms with van der Waals surface area (Å²) < 4.78 is 42.9. The third-order valence-corrected chi connectivity index (χ3v) is 3.36. The number of nitrogens with two attached hydrogens (primary N) is 1. The lowest BCUT2D eigenvalue weighted by Gasteiger charge is -2.16. The van der Waals surface area contributed by atoms with Gasteiger partial charge in [0, 0.05) is 0 Å². The minimum Gasteiger partial charge on any atom is -0.494 e. The Morgan fingerprint density at radius 2 is 1.57 bits per heavy atom. The van der Waals surface area contributed by atoms with E-state index < -0.39 is 12.2 Å². The van der Waals surface area contributed by atoms with E-state index in [0.29, 0.717) is 12.4 Å². The maximum Gasteiger partial charge on any atom is 0.407 e. The third kappa shape index (κ3) is 6.85. The highest BCUT2D eigenvalue weighted by Crippen LogP contribution is 2.31. The molecule has 2 nitrogen and oxygen atoms in total. The minimum absolute atomic E-state index is 0.0504. The Kier molecular flexibility index (Phi) is 7.57. The van der Waals surface area contributed by atoms with E-state index in [0.717, 1.165) is 12.8 Å². The van der Waals surface area contributed by atoms with Crippen LogP contribution in [0.15, 0.2) is 24.3 Å². The fourth-order valence-electron chi connectivity index (χ4n) is 2.03. The maximum absolute atomic E-state index is 12.5. The minimum atomic E-state index is -4.42. The molecule has 1 atom stereocenters. The molecule has 0 radical (unpaired) electrons. The highest BCUT2D eigenvalue weighted by molar-refractivity contribution is 5.29. The molecule has 0 spiro atoms. The summed E-state index contributed by atoms with van der Waals surface area (Å²) in [6, 6.07) is 3.88. The van der Waals surface area contributed by atoms with Crippen molar-refractivity contribution in [1.29, 1.82) is 0 Å². The van der Waals surface area contributed by atoms with Gasteiger partial charge in [-0.25, -0.2) is 0 Å². The molecular weight excluding hydrogens is 279 g/mol. The van der Waals surface area contributed by atoms with Crippen molar-refractivity contribution in [2.45, 2.75) is 57.7 Å². The van der Waals surface area contributed by atoms with Crippen LogP contribution in [0, 0.1) is 0 Å². The molecule has 5 heteroatoms. The van der Waals surface area contributed by atoms with Crippen LogP contribution in [0.1, 0.15) is 57.1 Å². The number of hydrogen-bond acceptors (Lipinski definition) is 2. The van der Waals surface area contributed by atoms with Crippen molar-refractivity contribution in [2.24, 2.45) is 5.73 Å². The fourth-order valence-corrected chi connectivity index (χ4v) is 2.03. The molecule has 0 unspecified atom stereocenters. The molecule has 0 bridgehead atoms. The van der Waals surface area contributed by atoms with Gasteiger partial charge in [-0.3, -0.25) is 0 Å². The molecule has 0 saturated heterocycles. The van der Waals surface area contributed by atoms with Gasteiger partial charge in [0.25, 0.3) is 0 Å². The SMILES string of the molecule is CCCCCCCCOc1ccc([C@@H](N)C(F)(F)F)cc1. The van der Waals surface area contributed by atoms with Crippen LogP contribution in [-0.2, 0) is 0 Å². The van der Waals surface area contributed by atoms with E-state index in [1.54, 1.807) is 0 Å². The monoisotopic (exact) mass is 303 g/mol. The van der Waals surface area contributed by atoms with E-state index in [2.05, 4.69) is 6.92 Å². The first-order valence-electron chi connectivity index (χ1n) is 7.50. The van der Waals surface area contributed by atoms with E-state index in [-0.39, 0.29) is 5.56 Å². The summed E-state index contributed by atoms with van der Waals surface area (Å²) in [5, 5.41) is 0. The van der Waals surface area contributed by atoms with E-state index in [9.17, 15) is 13.2 Å². The van der Waals surface area contributed by atoms with Gasteiger partial charge in [-0.15, -0.1) is 0 Å². The van der Waals surface area contributed by atoms with Crippen LogP contribution in [0.5, 0.6) is 5.75 Å². The van der Waals surface area contributed by atoms with E-state index >= 15 is 0 Å². The van der Waals surface area contributed by atoms with Crippen LogP contribution in [0.2, 0.25) is 0 Å². The van der Waals surface area contributed by atoms with Gasteiger partial charge in [-0.1, -0.05) is 51.2 Å². The zero-order valence-electron chi connectivity index (χ0n) is 12.5. The fraction of sp³-hybridized carbons (Fsp3) is 0.625. The number of ether oxygens (including phenoxy) is 1. The first-order chi connectivity index (χ1) is 9.95.